The predicted octanol–water partition coefficient (Wildman–Crippen LogP) is 3.50. The lowest BCUT2D eigenvalue weighted by Crippen LogP contribution is -2.59. The first-order valence-corrected chi connectivity index (χ1v) is 8.17. The smallest absolute Gasteiger partial charge is 0.119 e. The lowest BCUT2D eigenvalue weighted by Gasteiger charge is -2.49. The lowest BCUT2D eigenvalue weighted by molar-refractivity contribution is -0.0729. The van der Waals surface area contributed by atoms with Crippen molar-refractivity contribution in [2.45, 2.75) is 65.1 Å². The maximum absolute atomic E-state index is 9.74. The van der Waals surface area contributed by atoms with E-state index >= 15 is 0 Å². The summed E-state index contributed by atoms with van der Waals surface area (Å²) in [6.45, 7) is 8.08. The highest BCUT2D eigenvalue weighted by Crippen LogP contribution is 2.40. The van der Waals surface area contributed by atoms with Crippen LogP contribution in [0, 0.1) is 5.41 Å². The average molecular weight is 291 g/mol. The van der Waals surface area contributed by atoms with Crippen LogP contribution in [-0.2, 0) is 6.54 Å². The van der Waals surface area contributed by atoms with Gasteiger partial charge < -0.3 is 15.2 Å². The number of hydrogen-bond acceptors (Lipinski definition) is 3. The van der Waals surface area contributed by atoms with Crippen molar-refractivity contribution in [1.82, 2.24) is 5.32 Å². The molecule has 0 heterocycles. The molecule has 2 unspecified atom stereocenters. The van der Waals surface area contributed by atoms with E-state index < -0.39 is 0 Å². The van der Waals surface area contributed by atoms with Gasteiger partial charge in [-0.05, 0) is 30.5 Å². The SMILES string of the molecule is CCCCCOc1ccc(CNC2CC(O)C2(C)C)cc1. The van der Waals surface area contributed by atoms with Crippen LogP contribution in [0.4, 0.5) is 0 Å². The standard InChI is InChI=1S/C18H29NO2/c1-4-5-6-11-21-15-9-7-14(8-10-15)13-19-16-12-17(20)18(16,2)3/h7-10,16-17,19-20H,4-6,11-13H2,1-3H3. The summed E-state index contributed by atoms with van der Waals surface area (Å²) < 4.78 is 5.71. The zero-order valence-corrected chi connectivity index (χ0v) is 13.6. The maximum atomic E-state index is 9.74. The molecule has 0 saturated heterocycles. The van der Waals surface area contributed by atoms with Gasteiger partial charge in [0.1, 0.15) is 5.75 Å². The van der Waals surface area contributed by atoms with Crippen molar-refractivity contribution in [3.8, 4) is 5.75 Å². The number of benzene rings is 1. The second-order valence-corrected chi connectivity index (χ2v) is 6.71. The van der Waals surface area contributed by atoms with Crippen LogP contribution >= 0.6 is 0 Å². The molecule has 1 fully saturated rings. The molecule has 2 atom stereocenters. The van der Waals surface area contributed by atoms with E-state index in [1.54, 1.807) is 0 Å². The number of aliphatic hydroxyl groups excluding tert-OH is 1. The second kappa shape index (κ2) is 7.28. The Bertz CT molecular complexity index is 427. The van der Waals surface area contributed by atoms with E-state index in [1.165, 1.54) is 18.4 Å². The molecule has 0 aliphatic heterocycles. The molecule has 118 valence electrons. The van der Waals surface area contributed by atoms with E-state index in [0.29, 0.717) is 6.04 Å². The minimum atomic E-state index is -0.172. The van der Waals surface area contributed by atoms with E-state index in [-0.39, 0.29) is 11.5 Å². The number of rotatable bonds is 8. The van der Waals surface area contributed by atoms with Gasteiger partial charge in [-0.2, -0.15) is 0 Å². The van der Waals surface area contributed by atoms with Gasteiger partial charge in [-0.3, -0.25) is 0 Å². The van der Waals surface area contributed by atoms with E-state index in [1.807, 2.05) is 12.1 Å². The van der Waals surface area contributed by atoms with Gasteiger partial charge in [-0.15, -0.1) is 0 Å². The molecule has 2 rings (SSSR count). The summed E-state index contributed by atoms with van der Waals surface area (Å²) in [6.07, 6.45) is 4.25. The van der Waals surface area contributed by atoms with Gasteiger partial charge in [0.15, 0.2) is 0 Å². The lowest BCUT2D eigenvalue weighted by atomic mass is 9.64. The molecule has 1 aromatic rings. The molecule has 0 amide bonds. The van der Waals surface area contributed by atoms with Gasteiger partial charge in [0.25, 0.3) is 0 Å². The molecule has 1 aromatic carbocycles. The number of hydrogen-bond donors (Lipinski definition) is 2. The van der Waals surface area contributed by atoms with Crippen molar-refractivity contribution in [3.05, 3.63) is 29.8 Å². The van der Waals surface area contributed by atoms with Gasteiger partial charge in [0.2, 0.25) is 0 Å². The Labute approximate surface area is 128 Å². The van der Waals surface area contributed by atoms with Crippen LogP contribution in [0.15, 0.2) is 24.3 Å². The molecule has 1 aliphatic rings. The quantitative estimate of drug-likeness (QED) is 0.720. The Kier molecular flexibility index (Phi) is 5.65. The fourth-order valence-corrected chi connectivity index (χ4v) is 2.74. The Morgan fingerprint density at radius 2 is 1.95 bits per heavy atom. The number of unbranched alkanes of at least 4 members (excludes halogenated alkanes) is 2. The largest absolute Gasteiger partial charge is 0.494 e. The third-order valence-electron chi connectivity index (χ3n) is 4.71. The summed E-state index contributed by atoms with van der Waals surface area (Å²) in [6, 6.07) is 8.72. The van der Waals surface area contributed by atoms with Crippen molar-refractivity contribution in [2.24, 2.45) is 5.41 Å². The topological polar surface area (TPSA) is 41.5 Å². The number of aliphatic hydroxyl groups is 1. The minimum Gasteiger partial charge on any atom is -0.494 e. The highest BCUT2D eigenvalue weighted by atomic mass is 16.5. The third-order valence-corrected chi connectivity index (χ3v) is 4.71. The van der Waals surface area contributed by atoms with E-state index in [0.717, 1.165) is 31.7 Å². The summed E-state index contributed by atoms with van der Waals surface area (Å²) in [5.41, 5.74) is 1.25. The first-order chi connectivity index (χ1) is 10.0. The zero-order valence-electron chi connectivity index (χ0n) is 13.6. The molecule has 1 aliphatic carbocycles. The molecule has 3 heteroatoms. The Morgan fingerprint density at radius 3 is 2.52 bits per heavy atom. The molecule has 3 nitrogen and oxygen atoms in total. The summed E-state index contributed by atoms with van der Waals surface area (Å²) in [5.74, 6) is 0.953. The van der Waals surface area contributed by atoms with Gasteiger partial charge in [-0.1, -0.05) is 45.7 Å². The van der Waals surface area contributed by atoms with Crippen molar-refractivity contribution in [3.63, 3.8) is 0 Å². The molecule has 2 N–H and O–H groups in total. The maximum Gasteiger partial charge on any atom is 0.119 e. The van der Waals surface area contributed by atoms with E-state index in [2.05, 4.69) is 38.2 Å². The highest BCUT2D eigenvalue weighted by Gasteiger charge is 2.46. The molecule has 21 heavy (non-hydrogen) atoms. The van der Waals surface area contributed by atoms with Crippen LogP contribution in [0.2, 0.25) is 0 Å². The van der Waals surface area contributed by atoms with Crippen LogP contribution in [-0.4, -0.2) is 23.9 Å². The first-order valence-electron chi connectivity index (χ1n) is 8.17. The van der Waals surface area contributed by atoms with Gasteiger partial charge in [0, 0.05) is 18.0 Å². The van der Waals surface area contributed by atoms with Crippen molar-refractivity contribution in [1.29, 1.82) is 0 Å². The van der Waals surface area contributed by atoms with Crippen LogP contribution in [0.3, 0.4) is 0 Å². The Balaban J connectivity index is 1.73. The van der Waals surface area contributed by atoms with Crippen LogP contribution in [0.1, 0.15) is 52.0 Å². The number of ether oxygens (including phenoxy) is 1. The molecule has 0 radical (unpaired) electrons. The van der Waals surface area contributed by atoms with Crippen molar-refractivity contribution >= 4 is 0 Å². The molecule has 0 spiro atoms. The Hall–Kier alpha value is -1.06. The first kappa shape index (κ1) is 16.3. The van der Waals surface area contributed by atoms with Crippen molar-refractivity contribution in [2.75, 3.05) is 6.61 Å². The minimum absolute atomic E-state index is 0.0116. The molecule has 0 aromatic heterocycles. The average Bonchev–Trinajstić information content (AvgIpc) is 2.49. The second-order valence-electron chi connectivity index (χ2n) is 6.71. The summed E-state index contributed by atoms with van der Waals surface area (Å²) in [4.78, 5) is 0. The summed E-state index contributed by atoms with van der Waals surface area (Å²) >= 11 is 0. The highest BCUT2D eigenvalue weighted by molar-refractivity contribution is 5.27. The summed E-state index contributed by atoms with van der Waals surface area (Å²) in [7, 11) is 0. The predicted molar refractivity (Wildman–Crippen MR) is 86.5 cm³/mol. The van der Waals surface area contributed by atoms with Gasteiger partial charge in [0.05, 0.1) is 12.7 Å². The zero-order chi connectivity index (χ0) is 15.3. The third kappa shape index (κ3) is 4.21. The van der Waals surface area contributed by atoms with E-state index in [9.17, 15) is 5.11 Å². The van der Waals surface area contributed by atoms with Crippen LogP contribution in [0.25, 0.3) is 0 Å². The monoisotopic (exact) mass is 291 g/mol. The van der Waals surface area contributed by atoms with Crippen LogP contribution < -0.4 is 10.1 Å². The summed E-state index contributed by atoms with van der Waals surface area (Å²) in [5, 5.41) is 13.3. The Morgan fingerprint density at radius 1 is 1.24 bits per heavy atom. The number of nitrogens with one attached hydrogen (secondary N) is 1. The molecule has 1 saturated carbocycles. The molecule has 0 bridgehead atoms. The van der Waals surface area contributed by atoms with Gasteiger partial charge in [-0.25, -0.2) is 0 Å². The molecular formula is C18H29NO2. The van der Waals surface area contributed by atoms with Crippen LogP contribution in [0.5, 0.6) is 5.75 Å². The van der Waals surface area contributed by atoms with E-state index in [4.69, 9.17) is 4.74 Å². The normalized spacial score (nSPS) is 23.6. The molecular weight excluding hydrogens is 262 g/mol. The fraction of sp³-hybridized carbons (Fsp3) is 0.667. The van der Waals surface area contributed by atoms with Gasteiger partial charge >= 0.3 is 0 Å². The fourth-order valence-electron chi connectivity index (χ4n) is 2.74. The van der Waals surface area contributed by atoms with Crippen molar-refractivity contribution < 1.29 is 9.84 Å².